The zero-order valence-electron chi connectivity index (χ0n) is 15.3. The molecule has 0 N–H and O–H groups in total. The van der Waals surface area contributed by atoms with Crippen molar-refractivity contribution in [3.05, 3.63) is 103 Å². The highest BCUT2D eigenvalue weighted by molar-refractivity contribution is 6.09. The number of aromatic nitrogens is 1. The van der Waals surface area contributed by atoms with Crippen LogP contribution in [-0.2, 0) is 0 Å². The largest absolute Gasteiger partial charge is 0.264 e. The summed E-state index contributed by atoms with van der Waals surface area (Å²) in [5.74, 6) is 0. The van der Waals surface area contributed by atoms with Gasteiger partial charge in [-0.3, -0.25) is 4.98 Å². The molecule has 0 aliphatic heterocycles. The van der Waals surface area contributed by atoms with Crippen LogP contribution >= 0.6 is 0 Å². The van der Waals surface area contributed by atoms with Crippen molar-refractivity contribution in [2.75, 3.05) is 0 Å². The van der Waals surface area contributed by atoms with Gasteiger partial charge in [-0.2, -0.15) is 0 Å². The second-order valence-corrected chi connectivity index (χ2v) is 7.36. The molecule has 1 heteroatoms. The Hall–Kier alpha value is -3.71. The maximum Gasteiger partial charge on any atom is 0.0346 e. The van der Waals surface area contributed by atoms with Crippen molar-refractivity contribution in [2.24, 2.45) is 0 Å². The highest BCUT2D eigenvalue weighted by Crippen LogP contribution is 2.34. The Morgan fingerprint density at radius 1 is 0.464 bits per heavy atom. The van der Waals surface area contributed by atoms with Crippen LogP contribution in [0.1, 0.15) is 0 Å². The average molecular weight is 355 g/mol. The summed E-state index contributed by atoms with van der Waals surface area (Å²) in [4.78, 5) is 4.28. The van der Waals surface area contributed by atoms with E-state index in [-0.39, 0.29) is 0 Å². The number of hydrogen-bond acceptors (Lipinski definition) is 1. The summed E-state index contributed by atoms with van der Waals surface area (Å²) in [6.45, 7) is 0. The van der Waals surface area contributed by atoms with Crippen molar-refractivity contribution in [3.63, 3.8) is 0 Å². The SMILES string of the molecule is c1ccc2cc3cc4c(-c5ccc6ccncc6c5)cccc4cc3cc2c1. The van der Waals surface area contributed by atoms with Crippen LogP contribution in [0.3, 0.4) is 0 Å². The van der Waals surface area contributed by atoms with Crippen LogP contribution in [0.25, 0.3) is 54.2 Å². The molecular formula is C27H17N. The first-order valence-corrected chi connectivity index (χ1v) is 9.55. The van der Waals surface area contributed by atoms with Gasteiger partial charge in [0, 0.05) is 17.8 Å². The number of fused-ring (bicyclic) bond motifs is 4. The minimum atomic E-state index is 1.17. The van der Waals surface area contributed by atoms with Gasteiger partial charge in [0.2, 0.25) is 0 Å². The van der Waals surface area contributed by atoms with Crippen LogP contribution in [0.15, 0.2) is 103 Å². The van der Waals surface area contributed by atoms with Crippen LogP contribution < -0.4 is 0 Å². The smallest absolute Gasteiger partial charge is 0.0346 e. The third-order valence-corrected chi connectivity index (χ3v) is 5.65. The summed E-state index contributed by atoms with van der Waals surface area (Å²) in [5, 5.41) is 10.1. The number of benzene rings is 5. The zero-order valence-corrected chi connectivity index (χ0v) is 15.3. The van der Waals surface area contributed by atoms with E-state index in [0.717, 1.165) is 0 Å². The summed E-state index contributed by atoms with van der Waals surface area (Å²) in [5.41, 5.74) is 2.49. The Morgan fingerprint density at radius 2 is 1.21 bits per heavy atom. The van der Waals surface area contributed by atoms with Gasteiger partial charge in [0.25, 0.3) is 0 Å². The van der Waals surface area contributed by atoms with Gasteiger partial charge in [-0.05, 0) is 85.2 Å². The molecule has 0 fully saturated rings. The van der Waals surface area contributed by atoms with Crippen molar-refractivity contribution in [1.29, 1.82) is 0 Å². The van der Waals surface area contributed by atoms with E-state index in [4.69, 9.17) is 0 Å². The first-order valence-electron chi connectivity index (χ1n) is 9.55. The van der Waals surface area contributed by atoms with E-state index in [0.29, 0.717) is 0 Å². The summed E-state index contributed by atoms with van der Waals surface area (Å²) in [6, 6.07) is 33.0. The number of pyridine rings is 1. The molecular weight excluding hydrogens is 338 g/mol. The Morgan fingerprint density at radius 3 is 2.07 bits per heavy atom. The topological polar surface area (TPSA) is 12.9 Å². The van der Waals surface area contributed by atoms with E-state index >= 15 is 0 Å². The molecule has 28 heavy (non-hydrogen) atoms. The molecule has 6 rings (SSSR count). The van der Waals surface area contributed by atoms with Crippen LogP contribution in [0, 0.1) is 0 Å². The Bertz CT molecular complexity index is 1510. The van der Waals surface area contributed by atoms with Crippen molar-refractivity contribution in [3.8, 4) is 11.1 Å². The maximum absolute atomic E-state index is 4.28. The van der Waals surface area contributed by atoms with Crippen molar-refractivity contribution in [1.82, 2.24) is 4.98 Å². The first-order chi connectivity index (χ1) is 13.8. The van der Waals surface area contributed by atoms with E-state index < -0.39 is 0 Å². The fourth-order valence-corrected chi connectivity index (χ4v) is 4.22. The molecule has 6 aromatic rings. The summed E-state index contributed by atoms with van der Waals surface area (Å²) >= 11 is 0. The maximum atomic E-state index is 4.28. The van der Waals surface area contributed by atoms with Crippen molar-refractivity contribution < 1.29 is 0 Å². The molecule has 0 atom stereocenters. The van der Waals surface area contributed by atoms with Gasteiger partial charge in [-0.1, -0.05) is 54.6 Å². The number of nitrogens with zero attached hydrogens (tertiary/aromatic N) is 1. The molecule has 0 unspecified atom stereocenters. The molecule has 5 aromatic carbocycles. The Labute approximate surface area is 162 Å². The predicted octanol–water partition coefficient (Wildman–Crippen LogP) is 7.36. The molecule has 0 bridgehead atoms. The lowest BCUT2D eigenvalue weighted by Gasteiger charge is -2.11. The summed E-state index contributed by atoms with van der Waals surface area (Å²) in [7, 11) is 0. The van der Waals surface area contributed by atoms with Crippen LogP contribution in [0.4, 0.5) is 0 Å². The third-order valence-electron chi connectivity index (χ3n) is 5.65. The van der Waals surface area contributed by atoms with E-state index in [1.54, 1.807) is 0 Å². The fraction of sp³-hybridized carbons (Fsp3) is 0. The second kappa shape index (κ2) is 5.90. The van der Waals surface area contributed by atoms with Gasteiger partial charge in [-0.25, -0.2) is 0 Å². The predicted molar refractivity (Wildman–Crippen MR) is 120 cm³/mol. The lowest BCUT2D eigenvalue weighted by atomic mass is 9.93. The van der Waals surface area contributed by atoms with Gasteiger partial charge < -0.3 is 0 Å². The lowest BCUT2D eigenvalue weighted by molar-refractivity contribution is 1.36. The molecule has 130 valence electrons. The highest BCUT2D eigenvalue weighted by Gasteiger charge is 2.07. The number of rotatable bonds is 1. The van der Waals surface area contributed by atoms with E-state index in [9.17, 15) is 0 Å². The second-order valence-electron chi connectivity index (χ2n) is 7.36. The summed E-state index contributed by atoms with van der Waals surface area (Å²) < 4.78 is 0. The number of hydrogen-bond donors (Lipinski definition) is 0. The minimum absolute atomic E-state index is 1.17. The van der Waals surface area contributed by atoms with E-state index in [1.807, 2.05) is 12.4 Å². The highest BCUT2D eigenvalue weighted by atomic mass is 14.6. The third kappa shape index (κ3) is 2.37. The van der Waals surface area contributed by atoms with Gasteiger partial charge in [0.05, 0.1) is 0 Å². The average Bonchev–Trinajstić information content (AvgIpc) is 2.75. The van der Waals surface area contributed by atoms with Crippen molar-refractivity contribution >= 4 is 43.1 Å². The quantitative estimate of drug-likeness (QED) is 0.281. The molecule has 1 heterocycles. The van der Waals surface area contributed by atoms with Gasteiger partial charge in [-0.15, -0.1) is 0 Å². The normalized spacial score (nSPS) is 11.6. The van der Waals surface area contributed by atoms with E-state index in [2.05, 4.69) is 96.0 Å². The van der Waals surface area contributed by atoms with Crippen molar-refractivity contribution in [2.45, 2.75) is 0 Å². The molecule has 0 spiro atoms. The molecule has 0 amide bonds. The van der Waals surface area contributed by atoms with Crippen LogP contribution in [0.2, 0.25) is 0 Å². The molecule has 0 aliphatic rings. The molecule has 0 saturated heterocycles. The lowest BCUT2D eigenvalue weighted by Crippen LogP contribution is -1.84. The van der Waals surface area contributed by atoms with Gasteiger partial charge in [0.1, 0.15) is 0 Å². The molecule has 0 radical (unpaired) electrons. The molecule has 0 aliphatic carbocycles. The van der Waals surface area contributed by atoms with Crippen LogP contribution in [-0.4, -0.2) is 4.98 Å². The monoisotopic (exact) mass is 355 g/mol. The molecule has 0 saturated carbocycles. The molecule has 1 nitrogen and oxygen atoms in total. The van der Waals surface area contributed by atoms with E-state index in [1.165, 1.54) is 54.2 Å². The van der Waals surface area contributed by atoms with Gasteiger partial charge in [0.15, 0.2) is 0 Å². The summed E-state index contributed by atoms with van der Waals surface area (Å²) in [6.07, 6.45) is 3.78. The first kappa shape index (κ1) is 15.4. The zero-order chi connectivity index (χ0) is 18.5. The molecule has 1 aromatic heterocycles. The Kier molecular flexibility index (Phi) is 3.24. The van der Waals surface area contributed by atoms with Gasteiger partial charge >= 0.3 is 0 Å². The standard InChI is InChI=1S/C27H17N/c1-2-5-20-13-24-16-27-21(14-23(24)12-19(20)4-1)6-3-7-26(27)22-9-8-18-10-11-28-17-25(18)15-22/h1-17H. The van der Waals surface area contributed by atoms with Crippen LogP contribution in [0.5, 0.6) is 0 Å². The fourth-order valence-electron chi connectivity index (χ4n) is 4.22. The minimum Gasteiger partial charge on any atom is -0.264 e. The Balaban J connectivity index is 1.65.